The lowest BCUT2D eigenvalue weighted by Gasteiger charge is -2.34. The predicted octanol–water partition coefficient (Wildman–Crippen LogP) is 4.65. The number of para-hydroxylation sites is 1. The van der Waals surface area contributed by atoms with Crippen molar-refractivity contribution in [1.82, 2.24) is 25.2 Å². The molecule has 0 saturated carbocycles. The highest BCUT2D eigenvalue weighted by Crippen LogP contribution is 2.28. The van der Waals surface area contributed by atoms with E-state index in [2.05, 4.69) is 15.6 Å². The second-order valence-electron chi connectivity index (χ2n) is 9.79. The number of aromatic nitrogens is 3. The topological polar surface area (TPSA) is 89.4 Å². The van der Waals surface area contributed by atoms with E-state index in [9.17, 15) is 14.0 Å². The van der Waals surface area contributed by atoms with Gasteiger partial charge in [-0.2, -0.15) is 0 Å². The van der Waals surface area contributed by atoms with E-state index in [0.717, 1.165) is 0 Å². The quantitative estimate of drug-likeness (QED) is 0.331. The Morgan fingerprint density at radius 2 is 1.82 bits per heavy atom. The van der Waals surface area contributed by atoms with Gasteiger partial charge in [-0.3, -0.25) is 9.59 Å². The fourth-order valence-corrected chi connectivity index (χ4v) is 4.14. The summed E-state index contributed by atoms with van der Waals surface area (Å²) < 4.78 is 20.6. The number of nitrogens with zero attached hydrogens (tertiary/aromatic N) is 4. The molecule has 0 aliphatic heterocycles. The van der Waals surface area contributed by atoms with Crippen molar-refractivity contribution in [1.29, 1.82) is 0 Å². The van der Waals surface area contributed by atoms with E-state index in [1.807, 2.05) is 45.0 Å². The maximum Gasteiger partial charge on any atom is 0.247 e. The first kappa shape index (κ1) is 26.8. The Morgan fingerprint density at radius 1 is 1.08 bits per heavy atom. The Bertz CT molecular complexity index is 1420. The van der Waals surface area contributed by atoms with Gasteiger partial charge < -0.3 is 15.0 Å². The summed E-state index contributed by atoms with van der Waals surface area (Å²) in [6.07, 6.45) is 0.695. The van der Waals surface area contributed by atoms with Gasteiger partial charge in [0.05, 0.1) is 12.6 Å². The molecule has 1 aromatic heterocycles. The van der Waals surface area contributed by atoms with Crippen LogP contribution < -0.4 is 10.1 Å². The molecule has 8 nitrogen and oxygen atoms in total. The number of methoxy groups -OCH3 is 1. The molecule has 3 aromatic carbocycles. The van der Waals surface area contributed by atoms with E-state index < -0.39 is 11.6 Å². The maximum absolute atomic E-state index is 14.0. The smallest absolute Gasteiger partial charge is 0.247 e. The number of hydrogen-bond donors (Lipinski definition) is 1. The van der Waals surface area contributed by atoms with Crippen molar-refractivity contribution in [2.24, 2.45) is 0 Å². The van der Waals surface area contributed by atoms with Crippen molar-refractivity contribution < 1.29 is 18.7 Å². The van der Waals surface area contributed by atoms with E-state index in [0.29, 0.717) is 34.3 Å². The van der Waals surface area contributed by atoms with E-state index in [1.165, 1.54) is 21.7 Å². The van der Waals surface area contributed by atoms with Gasteiger partial charge in [-0.1, -0.05) is 48.5 Å². The number of nitrogens with one attached hydrogen (secondary N) is 1. The van der Waals surface area contributed by atoms with Gasteiger partial charge in [0.15, 0.2) is 0 Å². The SMILES string of the molecule is CCC(C)(C)NC(=O)[C@@H](c1cccc(OC)c1)N(Cc1ccc(F)cc1)C(=O)Cn1nnc2ccccc21. The fourth-order valence-electron chi connectivity index (χ4n) is 4.14. The summed E-state index contributed by atoms with van der Waals surface area (Å²) in [6, 6.07) is 19.4. The van der Waals surface area contributed by atoms with Crippen LogP contribution in [0.2, 0.25) is 0 Å². The van der Waals surface area contributed by atoms with E-state index >= 15 is 0 Å². The molecule has 1 atom stereocenters. The molecule has 0 aliphatic carbocycles. The van der Waals surface area contributed by atoms with Crippen molar-refractivity contribution >= 4 is 22.8 Å². The molecule has 0 bridgehead atoms. The third kappa shape index (κ3) is 6.16. The van der Waals surface area contributed by atoms with Crippen LogP contribution in [-0.4, -0.2) is 44.4 Å². The van der Waals surface area contributed by atoms with Gasteiger partial charge in [-0.05, 0) is 67.8 Å². The zero-order valence-electron chi connectivity index (χ0n) is 22.0. The average molecular weight is 518 g/mol. The molecular formula is C29H32FN5O3. The minimum atomic E-state index is -0.983. The minimum Gasteiger partial charge on any atom is -0.497 e. The number of benzene rings is 3. The largest absolute Gasteiger partial charge is 0.497 e. The van der Waals surface area contributed by atoms with Crippen LogP contribution in [0.25, 0.3) is 11.0 Å². The van der Waals surface area contributed by atoms with Crippen LogP contribution in [-0.2, 0) is 22.7 Å². The lowest BCUT2D eigenvalue weighted by molar-refractivity contribution is -0.143. The number of rotatable bonds is 10. The van der Waals surface area contributed by atoms with Gasteiger partial charge in [0.1, 0.15) is 29.7 Å². The number of fused-ring (bicyclic) bond motifs is 1. The summed E-state index contributed by atoms with van der Waals surface area (Å²) in [5, 5.41) is 11.4. The fraction of sp³-hybridized carbons (Fsp3) is 0.310. The third-order valence-corrected chi connectivity index (χ3v) is 6.61. The molecule has 4 aromatic rings. The number of halogens is 1. The van der Waals surface area contributed by atoms with Crippen molar-refractivity contribution in [3.63, 3.8) is 0 Å². The molecule has 4 rings (SSSR count). The molecule has 0 saturated heterocycles. The number of ether oxygens (including phenoxy) is 1. The molecule has 9 heteroatoms. The first-order chi connectivity index (χ1) is 18.2. The summed E-state index contributed by atoms with van der Waals surface area (Å²) in [4.78, 5) is 29.4. The molecule has 0 radical (unpaired) electrons. The normalized spacial score (nSPS) is 12.2. The molecule has 38 heavy (non-hydrogen) atoms. The van der Waals surface area contributed by atoms with Gasteiger partial charge in [0.2, 0.25) is 11.8 Å². The lowest BCUT2D eigenvalue weighted by atomic mass is 9.98. The Balaban J connectivity index is 1.78. The van der Waals surface area contributed by atoms with Crippen LogP contribution in [0, 0.1) is 5.82 Å². The number of amides is 2. The van der Waals surface area contributed by atoms with E-state index in [4.69, 9.17) is 4.74 Å². The number of carbonyl (C=O) groups is 2. The van der Waals surface area contributed by atoms with Crippen LogP contribution in [0.15, 0.2) is 72.8 Å². The van der Waals surface area contributed by atoms with Gasteiger partial charge >= 0.3 is 0 Å². The van der Waals surface area contributed by atoms with Gasteiger partial charge in [0.25, 0.3) is 0 Å². The van der Waals surface area contributed by atoms with Crippen LogP contribution in [0.1, 0.15) is 44.4 Å². The van der Waals surface area contributed by atoms with Crippen LogP contribution in [0.4, 0.5) is 4.39 Å². The summed E-state index contributed by atoms with van der Waals surface area (Å²) in [7, 11) is 1.55. The molecule has 198 valence electrons. The Morgan fingerprint density at radius 3 is 2.53 bits per heavy atom. The van der Waals surface area contributed by atoms with Gasteiger partial charge in [0, 0.05) is 12.1 Å². The first-order valence-corrected chi connectivity index (χ1v) is 12.5. The second-order valence-corrected chi connectivity index (χ2v) is 9.79. The third-order valence-electron chi connectivity index (χ3n) is 6.61. The number of carbonyl (C=O) groups excluding carboxylic acids is 2. The van der Waals surface area contributed by atoms with Crippen molar-refractivity contribution in [2.45, 2.75) is 51.9 Å². The highest BCUT2D eigenvalue weighted by molar-refractivity contribution is 5.89. The minimum absolute atomic E-state index is 0.0770. The van der Waals surface area contributed by atoms with Crippen LogP contribution in [0.3, 0.4) is 0 Å². The molecule has 2 amide bonds. The molecule has 1 N–H and O–H groups in total. The Kier molecular flexibility index (Phi) is 8.05. The lowest BCUT2D eigenvalue weighted by Crippen LogP contribution is -2.50. The summed E-state index contributed by atoms with van der Waals surface area (Å²) in [5.41, 5.74) is 2.14. The zero-order valence-corrected chi connectivity index (χ0v) is 22.0. The first-order valence-electron chi connectivity index (χ1n) is 12.5. The van der Waals surface area contributed by atoms with Gasteiger partial charge in [-0.25, -0.2) is 9.07 Å². The maximum atomic E-state index is 14.0. The molecule has 1 heterocycles. The summed E-state index contributed by atoms with van der Waals surface area (Å²) in [5.74, 6) is -0.495. The van der Waals surface area contributed by atoms with Crippen LogP contribution in [0.5, 0.6) is 5.75 Å². The standard InChI is InChI=1S/C29H32FN5O3/c1-5-29(2,3)31-28(37)27(21-9-8-10-23(17-21)38-4)34(18-20-13-15-22(30)16-14-20)26(36)19-35-25-12-7-6-11-24(25)32-33-35/h6-17,27H,5,18-19H2,1-4H3,(H,31,37)/t27-/m1/s1. The molecule has 0 unspecified atom stereocenters. The second kappa shape index (κ2) is 11.4. The molecular weight excluding hydrogens is 485 g/mol. The summed E-state index contributed by atoms with van der Waals surface area (Å²) >= 11 is 0. The van der Waals surface area contributed by atoms with Crippen molar-refractivity contribution in [3.8, 4) is 5.75 Å². The predicted molar refractivity (Wildman–Crippen MR) is 143 cm³/mol. The summed E-state index contributed by atoms with van der Waals surface area (Å²) in [6.45, 7) is 5.79. The molecule has 0 aliphatic rings. The molecule has 0 spiro atoms. The van der Waals surface area contributed by atoms with Crippen molar-refractivity contribution in [3.05, 3.63) is 89.7 Å². The highest BCUT2D eigenvalue weighted by Gasteiger charge is 2.34. The number of hydrogen-bond acceptors (Lipinski definition) is 5. The average Bonchev–Trinajstić information content (AvgIpc) is 3.32. The van der Waals surface area contributed by atoms with Gasteiger partial charge in [-0.15, -0.1) is 5.10 Å². The van der Waals surface area contributed by atoms with Crippen molar-refractivity contribution in [2.75, 3.05) is 7.11 Å². The Labute approximate surface area is 221 Å². The monoisotopic (exact) mass is 517 g/mol. The van der Waals surface area contributed by atoms with Crippen LogP contribution >= 0.6 is 0 Å². The highest BCUT2D eigenvalue weighted by atomic mass is 19.1. The van der Waals surface area contributed by atoms with E-state index in [1.54, 1.807) is 43.5 Å². The Hall–Kier alpha value is -4.27. The van der Waals surface area contributed by atoms with E-state index in [-0.39, 0.29) is 30.7 Å². The molecule has 0 fully saturated rings. The zero-order chi connectivity index (χ0) is 27.3.